The number of aromatic nitrogens is 2. The molecule has 0 unspecified atom stereocenters. The first-order valence-electron chi connectivity index (χ1n) is 12.7. The number of carbonyl (C=O) groups is 3. The maximum absolute atomic E-state index is 13.1. The van der Waals surface area contributed by atoms with Crippen molar-refractivity contribution in [3.05, 3.63) is 104 Å². The molecule has 0 atom stereocenters. The van der Waals surface area contributed by atoms with Gasteiger partial charge in [-0.25, -0.2) is 14.4 Å². The fourth-order valence-corrected chi connectivity index (χ4v) is 3.63. The molecule has 0 N–H and O–H groups in total. The van der Waals surface area contributed by atoms with Gasteiger partial charge in [0, 0.05) is 30.4 Å². The summed E-state index contributed by atoms with van der Waals surface area (Å²) in [6.45, 7) is 6.33. The van der Waals surface area contributed by atoms with E-state index in [1.807, 2.05) is 18.2 Å². The summed E-state index contributed by atoms with van der Waals surface area (Å²) in [5.74, 6) is -0.750. The van der Waals surface area contributed by atoms with Crippen LogP contribution in [0.1, 0.15) is 42.3 Å². The zero-order valence-corrected chi connectivity index (χ0v) is 23.0. The van der Waals surface area contributed by atoms with Crippen LogP contribution in [-0.2, 0) is 27.4 Å². The number of rotatable bonds is 9. The molecule has 3 aromatic rings. The van der Waals surface area contributed by atoms with E-state index in [-0.39, 0.29) is 44.0 Å². The molecule has 1 aromatic heterocycles. The van der Waals surface area contributed by atoms with Crippen molar-refractivity contribution in [3.63, 3.8) is 0 Å². The molecule has 0 saturated heterocycles. The second-order valence-electron chi connectivity index (χ2n) is 9.94. The Bertz CT molecular complexity index is 1440. The zero-order chi connectivity index (χ0) is 29.3. The molecular formula is C29H33N3O8. The quantitative estimate of drug-likeness (QED) is 0.369. The molecule has 11 nitrogen and oxygen atoms in total. The molecule has 0 aliphatic rings. The maximum Gasteiger partial charge on any atom is 0.508 e. The molecule has 0 fully saturated rings. The summed E-state index contributed by atoms with van der Waals surface area (Å²) >= 11 is 0. The Morgan fingerprint density at radius 3 is 2.12 bits per heavy atom. The third kappa shape index (κ3) is 8.42. The molecule has 2 aromatic carbocycles. The van der Waals surface area contributed by atoms with E-state index in [0.717, 1.165) is 5.56 Å². The Morgan fingerprint density at radius 1 is 0.875 bits per heavy atom. The van der Waals surface area contributed by atoms with Gasteiger partial charge in [-0.05, 0) is 45.4 Å². The lowest BCUT2D eigenvalue weighted by Crippen LogP contribution is -2.46. The van der Waals surface area contributed by atoms with Crippen molar-refractivity contribution in [2.75, 3.05) is 19.7 Å². The van der Waals surface area contributed by atoms with Gasteiger partial charge in [-0.1, -0.05) is 48.5 Å². The highest BCUT2D eigenvalue weighted by Crippen LogP contribution is 2.10. The van der Waals surface area contributed by atoms with E-state index >= 15 is 0 Å². The minimum atomic E-state index is -0.897. The molecule has 1 heterocycles. The number of hydrogen-bond donors (Lipinski definition) is 0. The van der Waals surface area contributed by atoms with E-state index in [1.165, 1.54) is 34.7 Å². The molecule has 0 bridgehead atoms. The van der Waals surface area contributed by atoms with Gasteiger partial charge < -0.3 is 19.1 Å². The smallest absolute Gasteiger partial charge is 0.444 e. The topological polar surface area (TPSA) is 126 Å². The lowest BCUT2D eigenvalue weighted by Gasteiger charge is -2.27. The monoisotopic (exact) mass is 551 g/mol. The number of aryl methyl sites for hydroxylation is 1. The Hall–Kier alpha value is -4.67. The third-order valence-electron chi connectivity index (χ3n) is 5.59. The first kappa shape index (κ1) is 29.9. The Labute approximate surface area is 231 Å². The van der Waals surface area contributed by atoms with Crippen molar-refractivity contribution < 1.29 is 28.6 Å². The van der Waals surface area contributed by atoms with Gasteiger partial charge in [-0.3, -0.25) is 14.2 Å². The number of benzene rings is 2. The van der Waals surface area contributed by atoms with Gasteiger partial charge in [-0.2, -0.15) is 4.57 Å². The highest BCUT2D eigenvalue weighted by molar-refractivity contribution is 5.95. The molecular weight excluding hydrogens is 518 g/mol. The lowest BCUT2D eigenvalue weighted by atomic mass is 10.2. The fraction of sp³-hybridized carbons (Fsp3) is 0.345. The Morgan fingerprint density at radius 2 is 1.50 bits per heavy atom. The Balaban J connectivity index is 1.71. The first-order chi connectivity index (χ1) is 19.0. The van der Waals surface area contributed by atoms with Gasteiger partial charge in [0.2, 0.25) is 0 Å². The van der Waals surface area contributed by atoms with Crippen LogP contribution in [0.3, 0.4) is 0 Å². The molecule has 0 spiro atoms. The predicted octanol–water partition coefficient (Wildman–Crippen LogP) is 3.60. The van der Waals surface area contributed by atoms with Crippen molar-refractivity contribution in [3.8, 4) is 0 Å². The standard InChI is InChI=1S/C29H33N3O8/c1-21-19-31(26(35)32(24(21)33)25(34)23-13-9-6-10-14-23)16-15-30(27(36)40-29(2,3)4)17-18-38-28(37)39-20-22-11-7-5-8-12-22/h5-14,19H,15-18,20H2,1-4H3. The van der Waals surface area contributed by atoms with Crippen LogP contribution in [0, 0.1) is 6.92 Å². The minimum Gasteiger partial charge on any atom is -0.444 e. The van der Waals surface area contributed by atoms with Gasteiger partial charge in [0.1, 0.15) is 18.8 Å². The summed E-state index contributed by atoms with van der Waals surface area (Å²) in [5.41, 5.74) is -1.20. The predicted molar refractivity (Wildman–Crippen MR) is 146 cm³/mol. The summed E-state index contributed by atoms with van der Waals surface area (Å²) in [5, 5.41) is 0. The summed E-state index contributed by atoms with van der Waals surface area (Å²) in [6, 6.07) is 17.1. The van der Waals surface area contributed by atoms with Crippen molar-refractivity contribution in [2.24, 2.45) is 0 Å². The molecule has 212 valence electrons. The van der Waals surface area contributed by atoms with Crippen molar-refractivity contribution in [1.29, 1.82) is 0 Å². The molecule has 0 saturated carbocycles. The zero-order valence-electron chi connectivity index (χ0n) is 23.0. The number of hydrogen-bond acceptors (Lipinski definition) is 8. The Kier molecular flexibility index (Phi) is 10.0. The maximum atomic E-state index is 13.1. The van der Waals surface area contributed by atoms with Gasteiger partial charge >= 0.3 is 17.9 Å². The van der Waals surface area contributed by atoms with E-state index in [9.17, 15) is 24.0 Å². The van der Waals surface area contributed by atoms with Crippen LogP contribution < -0.4 is 11.2 Å². The largest absolute Gasteiger partial charge is 0.508 e. The number of amides is 1. The van der Waals surface area contributed by atoms with Crippen LogP contribution in [0.2, 0.25) is 0 Å². The molecule has 3 rings (SSSR count). The summed E-state index contributed by atoms with van der Waals surface area (Å²) in [4.78, 5) is 64.9. The highest BCUT2D eigenvalue weighted by atomic mass is 16.7. The molecule has 11 heteroatoms. The third-order valence-corrected chi connectivity index (χ3v) is 5.59. The van der Waals surface area contributed by atoms with Crippen LogP contribution in [0.5, 0.6) is 0 Å². The van der Waals surface area contributed by atoms with Crippen LogP contribution in [0.25, 0.3) is 0 Å². The normalized spacial score (nSPS) is 11.0. The van der Waals surface area contributed by atoms with Gasteiger partial charge in [0.15, 0.2) is 0 Å². The van der Waals surface area contributed by atoms with Gasteiger partial charge in [-0.15, -0.1) is 0 Å². The first-order valence-corrected chi connectivity index (χ1v) is 12.7. The molecule has 0 radical (unpaired) electrons. The number of ether oxygens (including phenoxy) is 3. The summed E-state index contributed by atoms with van der Waals surface area (Å²) in [7, 11) is 0. The van der Waals surface area contributed by atoms with Gasteiger partial charge in [0.05, 0.1) is 6.54 Å². The van der Waals surface area contributed by atoms with Gasteiger partial charge in [0.25, 0.3) is 11.5 Å². The van der Waals surface area contributed by atoms with Crippen LogP contribution in [-0.4, -0.2) is 57.5 Å². The average Bonchev–Trinajstić information content (AvgIpc) is 2.92. The van der Waals surface area contributed by atoms with Crippen molar-refractivity contribution in [2.45, 2.75) is 46.4 Å². The molecule has 0 aliphatic carbocycles. The van der Waals surface area contributed by atoms with E-state index in [0.29, 0.717) is 4.57 Å². The summed E-state index contributed by atoms with van der Waals surface area (Å²) in [6.07, 6.45) is -0.247. The second-order valence-corrected chi connectivity index (χ2v) is 9.94. The van der Waals surface area contributed by atoms with Crippen LogP contribution in [0.15, 0.2) is 76.4 Å². The average molecular weight is 552 g/mol. The van der Waals surface area contributed by atoms with Crippen molar-refractivity contribution in [1.82, 2.24) is 14.0 Å². The number of carbonyl (C=O) groups excluding carboxylic acids is 3. The SMILES string of the molecule is Cc1cn(CCN(CCOC(=O)OCc2ccccc2)C(=O)OC(C)(C)C)c(=O)n(C(=O)c2ccccc2)c1=O. The van der Waals surface area contributed by atoms with E-state index < -0.39 is 35.0 Å². The van der Waals surface area contributed by atoms with E-state index in [2.05, 4.69) is 0 Å². The number of nitrogens with zero attached hydrogens (tertiary/aromatic N) is 3. The molecule has 0 aliphatic heterocycles. The summed E-state index contributed by atoms with van der Waals surface area (Å²) < 4.78 is 17.4. The van der Waals surface area contributed by atoms with E-state index in [4.69, 9.17) is 14.2 Å². The highest BCUT2D eigenvalue weighted by Gasteiger charge is 2.23. The van der Waals surface area contributed by atoms with E-state index in [1.54, 1.807) is 51.1 Å². The molecule has 1 amide bonds. The second kappa shape index (κ2) is 13.4. The minimum absolute atomic E-state index is 0.0333. The van der Waals surface area contributed by atoms with Crippen molar-refractivity contribution >= 4 is 18.2 Å². The fourth-order valence-electron chi connectivity index (χ4n) is 3.63. The lowest BCUT2D eigenvalue weighted by molar-refractivity contribution is 0.0131. The molecule has 40 heavy (non-hydrogen) atoms. The van der Waals surface area contributed by atoms with Crippen LogP contribution >= 0.6 is 0 Å². The van der Waals surface area contributed by atoms with Crippen LogP contribution in [0.4, 0.5) is 9.59 Å².